The molecule has 0 aliphatic rings. The number of hydrogen-bond acceptors (Lipinski definition) is 4. The zero-order valence-corrected chi connectivity index (χ0v) is 10.8. The molecule has 1 heterocycles. The van der Waals surface area contributed by atoms with Crippen molar-refractivity contribution in [3.05, 3.63) is 47.7 Å². The molecule has 0 unspecified atom stereocenters. The number of hydrogen-bond donors (Lipinski definition) is 2. The van der Waals surface area contributed by atoms with Crippen LogP contribution in [0.25, 0.3) is 0 Å². The molecule has 5 nitrogen and oxygen atoms in total. The average Bonchev–Trinajstić information content (AvgIpc) is 2.42. The number of rotatable bonds is 3. The van der Waals surface area contributed by atoms with Crippen molar-refractivity contribution in [1.29, 1.82) is 0 Å². The van der Waals surface area contributed by atoms with E-state index in [0.717, 1.165) is 5.56 Å². The number of nitrogens with one attached hydrogen (secondary N) is 1. The average molecular weight is 257 g/mol. The molecule has 1 aromatic carbocycles. The van der Waals surface area contributed by atoms with Gasteiger partial charge < -0.3 is 15.8 Å². The van der Waals surface area contributed by atoms with Crippen LogP contribution in [-0.2, 0) is 0 Å². The van der Waals surface area contributed by atoms with E-state index in [1.54, 1.807) is 30.5 Å². The van der Waals surface area contributed by atoms with Gasteiger partial charge in [0.25, 0.3) is 5.91 Å². The molecule has 5 heteroatoms. The van der Waals surface area contributed by atoms with Gasteiger partial charge in [0.15, 0.2) is 0 Å². The highest BCUT2D eigenvalue weighted by molar-refractivity contribution is 6.04. The molecule has 1 amide bonds. The minimum atomic E-state index is -0.255. The van der Waals surface area contributed by atoms with Crippen molar-refractivity contribution in [2.24, 2.45) is 0 Å². The first-order valence-corrected chi connectivity index (χ1v) is 5.77. The Morgan fingerprint density at radius 1 is 1.32 bits per heavy atom. The Morgan fingerprint density at radius 2 is 2.11 bits per heavy atom. The Hall–Kier alpha value is -2.56. The number of nitrogens with two attached hydrogens (primary N) is 1. The summed E-state index contributed by atoms with van der Waals surface area (Å²) in [5, 5.41) is 2.71. The summed E-state index contributed by atoms with van der Waals surface area (Å²) in [6.07, 6.45) is 1.69. The number of anilines is 2. The number of carbonyl (C=O) groups excluding carboxylic acids is 1. The molecule has 19 heavy (non-hydrogen) atoms. The van der Waals surface area contributed by atoms with Gasteiger partial charge in [-0.25, -0.2) is 4.98 Å². The first kappa shape index (κ1) is 12.9. The van der Waals surface area contributed by atoms with Crippen molar-refractivity contribution >= 4 is 17.4 Å². The number of nitrogens with zero attached hydrogens (tertiary/aromatic N) is 1. The summed E-state index contributed by atoms with van der Waals surface area (Å²) in [6.45, 7) is 1.93. The standard InChI is InChI=1S/C14H15N3O2/c1-9-3-6-13(16-8-9)17-14(18)10-4-5-11(15)12(7-10)19-2/h3-8H,15H2,1-2H3,(H,16,17,18). The highest BCUT2D eigenvalue weighted by Crippen LogP contribution is 2.22. The Labute approximate surface area is 111 Å². The fraction of sp³-hybridized carbons (Fsp3) is 0.143. The maximum atomic E-state index is 12.0. The smallest absolute Gasteiger partial charge is 0.256 e. The number of pyridine rings is 1. The lowest BCUT2D eigenvalue weighted by atomic mass is 10.2. The lowest BCUT2D eigenvalue weighted by molar-refractivity contribution is 0.102. The normalized spacial score (nSPS) is 10.0. The topological polar surface area (TPSA) is 77.2 Å². The Bertz CT molecular complexity index is 594. The molecular formula is C14H15N3O2. The molecule has 0 saturated heterocycles. The lowest BCUT2D eigenvalue weighted by Crippen LogP contribution is -2.13. The maximum Gasteiger partial charge on any atom is 0.256 e. The molecule has 0 fully saturated rings. The van der Waals surface area contributed by atoms with Crippen LogP contribution in [0.15, 0.2) is 36.5 Å². The van der Waals surface area contributed by atoms with Gasteiger partial charge >= 0.3 is 0 Å². The third-order valence-corrected chi connectivity index (χ3v) is 2.65. The molecule has 98 valence electrons. The molecular weight excluding hydrogens is 242 g/mol. The quantitative estimate of drug-likeness (QED) is 0.827. The molecule has 3 N–H and O–H groups in total. The predicted octanol–water partition coefficient (Wildman–Crippen LogP) is 2.23. The fourth-order valence-electron chi connectivity index (χ4n) is 1.58. The first-order chi connectivity index (χ1) is 9.10. The van der Waals surface area contributed by atoms with Crippen LogP contribution in [0, 0.1) is 6.92 Å². The molecule has 0 radical (unpaired) electrons. The summed E-state index contributed by atoms with van der Waals surface area (Å²) in [6, 6.07) is 8.50. The van der Waals surface area contributed by atoms with Crippen molar-refractivity contribution in [1.82, 2.24) is 4.98 Å². The third-order valence-electron chi connectivity index (χ3n) is 2.65. The van der Waals surface area contributed by atoms with Gasteiger partial charge in [0.05, 0.1) is 12.8 Å². The van der Waals surface area contributed by atoms with Crippen LogP contribution in [0.3, 0.4) is 0 Å². The Balaban J connectivity index is 2.18. The zero-order chi connectivity index (χ0) is 13.8. The summed E-state index contributed by atoms with van der Waals surface area (Å²) in [4.78, 5) is 16.1. The fourth-order valence-corrected chi connectivity index (χ4v) is 1.58. The van der Waals surface area contributed by atoms with Gasteiger partial charge in [0, 0.05) is 11.8 Å². The van der Waals surface area contributed by atoms with Crippen molar-refractivity contribution < 1.29 is 9.53 Å². The van der Waals surface area contributed by atoms with E-state index >= 15 is 0 Å². The van der Waals surface area contributed by atoms with Crippen LogP contribution in [0.2, 0.25) is 0 Å². The molecule has 1 aromatic heterocycles. The first-order valence-electron chi connectivity index (χ1n) is 5.77. The van der Waals surface area contributed by atoms with Crippen molar-refractivity contribution in [3.8, 4) is 5.75 Å². The second-order valence-corrected chi connectivity index (χ2v) is 4.13. The Morgan fingerprint density at radius 3 is 2.74 bits per heavy atom. The van der Waals surface area contributed by atoms with E-state index in [1.807, 2.05) is 13.0 Å². The van der Waals surface area contributed by atoms with Gasteiger partial charge in [0.2, 0.25) is 0 Å². The van der Waals surface area contributed by atoms with Gasteiger partial charge in [-0.3, -0.25) is 4.79 Å². The van der Waals surface area contributed by atoms with E-state index in [1.165, 1.54) is 7.11 Å². The summed E-state index contributed by atoms with van der Waals surface area (Å²) < 4.78 is 5.08. The van der Waals surface area contributed by atoms with Crippen molar-refractivity contribution in [3.63, 3.8) is 0 Å². The lowest BCUT2D eigenvalue weighted by Gasteiger charge is -2.08. The summed E-state index contributed by atoms with van der Waals surface area (Å²) in [5.41, 5.74) is 7.69. The van der Waals surface area contributed by atoms with Gasteiger partial charge in [-0.05, 0) is 36.8 Å². The number of aromatic nitrogens is 1. The van der Waals surface area contributed by atoms with Crippen LogP contribution in [0.4, 0.5) is 11.5 Å². The molecule has 0 spiro atoms. The van der Waals surface area contributed by atoms with Gasteiger partial charge in [0.1, 0.15) is 11.6 Å². The Kier molecular flexibility index (Phi) is 3.66. The minimum Gasteiger partial charge on any atom is -0.495 e. The zero-order valence-electron chi connectivity index (χ0n) is 10.8. The minimum absolute atomic E-state index is 0.255. The number of aryl methyl sites for hydroxylation is 1. The summed E-state index contributed by atoms with van der Waals surface area (Å²) in [7, 11) is 1.51. The molecule has 0 aliphatic heterocycles. The van der Waals surface area contributed by atoms with Crippen LogP contribution in [0.1, 0.15) is 15.9 Å². The highest BCUT2D eigenvalue weighted by atomic mass is 16.5. The molecule has 0 aliphatic carbocycles. The highest BCUT2D eigenvalue weighted by Gasteiger charge is 2.09. The van der Waals surface area contributed by atoms with Crippen LogP contribution in [-0.4, -0.2) is 18.0 Å². The molecule has 2 aromatic rings. The van der Waals surface area contributed by atoms with E-state index in [9.17, 15) is 4.79 Å². The van der Waals surface area contributed by atoms with Crippen LogP contribution in [0.5, 0.6) is 5.75 Å². The van der Waals surface area contributed by atoms with E-state index in [4.69, 9.17) is 10.5 Å². The second kappa shape index (κ2) is 5.39. The molecule has 2 rings (SSSR count). The SMILES string of the molecule is COc1cc(C(=O)Nc2ccc(C)cn2)ccc1N. The summed E-state index contributed by atoms with van der Waals surface area (Å²) >= 11 is 0. The van der Waals surface area contributed by atoms with Gasteiger partial charge in [-0.2, -0.15) is 0 Å². The number of carbonyl (C=O) groups is 1. The van der Waals surface area contributed by atoms with E-state index < -0.39 is 0 Å². The summed E-state index contributed by atoms with van der Waals surface area (Å²) in [5.74, 6) is 0.727. The monoisotopic (exact) mass is 257 g/mol. The van der Waals surface area contributed by atoms with Crippen molar-refractivity contribution in [2.75, 3.05) is 18.2 Å². The number of benzene rings is 1. The molecule has 0 bridgehead atoms. The molecule has 0 atom stereocenters. The van der Waals surface area contributed by atoms with E-state index in [0.29, 0.717) is 22.8 Å². The largest absolute Gasteiger partial charge is 0.495 e. The second-order valence-electron chi connectivity index (χ2n) is 4.13. The number of methoxy groups -OCH3 is 1. The molecule has 0 saturated carbocycles. The van der Waals surface area contributed by atoms with Crippen LogP contribution >= 0.6 is 0 Å². The van der Waals surface area contributed by atoms with Gasteiger partial charge in [-0.15, -0.1) is 0 Å². The van der Waals surface area contributed by atoms with Crippen LogP contribution < -0.4 is 15.8 Å². The van der Waals surface area contributed by atoms with Crippen molar-refractivity contribution in [2.45, 2.75) is 6.92 Å². The maximum absolute atomic E-state index is 12.0. The predicted molar refractivity (Wildman–Crippen MR) is 74.3 cm³/mol. The third kappa shape index (κ3) is 3.01. The number of amides is 1. The number of ether oxygens (including phenoxy) is 1. The van der Waals surface area contributed by atoms with E-state index in [2.05, 4.69) is 10.3 Å². The van der Waals surface area contributed by atoms with Gasteiger partial charge in [-0.1, -0.05) is 6.07 Å². The number of nitrogen functional groups attached to an aromatic ring is 1. The van der Waals surface area contributed by atoms with E-state index in [-0.39, 0.29) is 5.91 Å².